The van der Waals surface area contributed by atoms with Crippen LogP contribution in [0.25, 0.3) is 0 Å². The van der Waals surface area contributed by atoms with Crippen molar-refractivity contribution in [3.8, 4) is 0 Å². The van der Waals surface area contributed by atoms with Crippen molar-refractivity contribution in [2.24, 2.45) is 0 Å². The summed E-state index contributed by atoms with van der Waals surface area (Å²) in [6.45, 7) is 5.63. The van der Waals surface area contributed by atoms with Gasteiger partial charge in [0.1, 0.15) is 0 Å². The number of nitrogens with two attached hydrogens (primary N) is 1. The zero-order valence-corrected chi connectivity index (χ0v) is 10.9. The third-order valence-electron chi connectivity index (χ3n) is 3.30. The van der Waals surface area contributed by atoms with Crippen molar-refractivity contribution in [2.45, 2.75) is 25.9 Å². The molecule has 0 radical (unpaired) electrons. The smallest absolute Gasteiger partial charge is 0.0622 e. The molecule has 0 saturated carbocycles. The maximum Gasteiger partial charge on any atom is 0.0622 e. The number of halogens is 1. The number of nitrogens with zero attached hydrogens (tertiary/aromatic N) is 1. The van der Waals surface area contributed by atoms with Crippen LogP contribution in [0.1, 0.15) is 18.9 Å². The van der Waals surface area contributed by atoms with E-state index >= 15 is 0 Å². The number of nitrogen functional groups attached to an aromatic ring is 1. The van der Waals surface area contributed by atoms with Crippen LogP contribution in [0.5, 0.6) is 0 Å². The summed E-state index contributed by atoms with van der Waals surface area (Å²) < 4.78 is 5.50. The lowest BCUT2D eigenvalue weighted by Gasteiger charge is -2.35. The zero-order chi connectivity index (χ0) is 12.3. The molecule has 17 heavy (non-hydrogen) atoms. The van der Waals surface area contributed by atoms with Crippen molar-refractivity contribution in [3.63, 3.8) is 0 Å². The molecule has 1 aliphatic rings. The number of benzene rings is 1. The van der Waals surface area contributed by atoms with E-state index in [0.717, 1.165) is 49.0 Å². The second kappa shape index (κ2) is 5.71. The van der Waals surface area contributed by atoms with E-state index in [0.29, 0.717) is 6.04 Å². The summed E-state index contributed by atoms with van der Waals surface area (Å²) >= 11 is 6.01. The molecule has 1 saturated heterocycles. The second-order valence-corrected chi connectivity index (χ2v) is 4.89. The summed E-state index contributed by atoms with van der Waals surface area (Å²) in [7, 11) is 0. The second-order valence-electron chi connectivity index (χ2n) is 4.45. The van der Waals surface area contributed by atoms with Crippen LogP contribution in [0.3, 0.4) is 0 Å². The fourth-order valence-corrected chi connectivity index (χ4v) is 2.40. The third kappa shape index (κ3) is 3.12. The standard InChI is InChI=1S/C13H19ClN2O/c1-2-12-9-17-6-5-16(12)8-10-7-11(14)3-4-13(10)15/h3-4,7,12H,2,5-6,8-9,15H2,1H3. The van der Waals surface area contributed by atoms with E-state index < -0.39 is 0 Å². The third-order valence-corrected chi connectivity index (χ3v) is 3.53. The summed E-state index contributed by atoms with van der Waals surface area (Å²) in [6.07, 6.45) is 1.10. The van der Waals surface area contributed by atoms with Gasteiger partial charge in [-0.1, -0.05) is 18.5 Å². The Balaban J connectivity index is 2.10. The Morgan fingerprint density at radius 2 is 2.35 bits per heavy atom. The van der Waals surface area contributed by atoms with E-state index in [1.165, 1.54) is 0 Å². The Morgan fingerprint density at radius 1 is 1.53 bits per heavy atom. The van der Waals surface area contributed by atoms with E-state index in [9.17, 15) is 0 Å². The number of rotatable bonds is 3. The van der Waals surface area contributed by atoms with Crippen LogP contribution in [0.4, 0.5) is 5.69 Å². The molecule has 0 bridgehead atoms. The predicted molar refractivity (Wildman–Crippen MR) is 71.2 cm³/mol. The molecule has 0 amide bonds. The molecule has 0 aromatic heterocycles. The SMILES string of the molecule is CCC1COCCN1Cc1cc(Cl)ccc1N. The summed E-state index contributed by atoms with van der Waals surface area (Å²) in [5.74, 6) is 0. The molecular formula is C13H19ClN2O. The van der Waals surface area contributed by atoms with Crippen molar-refractivity contribution in [1.29, 1.82) is 0 Å². The average molecular weight is 255 g/mol. The van der Waals surface area contributed by atoms with Crippen molar-refractivity contribution < 1.29 is 4.74 Å². The highest BCUT2D eigenvalue weighted by molar-refractivity contribution is 6.30. The topological polar surface area (TPSA) is 38.5 Å². The van der Waals surface area contributed by atoms with Gasteiger partial charge in [-0.05, 0) is 30.2 Å². The van der Waals surface area contributed by atoms with E-state index in [1.54, 1.807) is 0 Å². The zero-order valence-electron chi connectivity index (χ0n) is 10.2. The minimum Gasteiger partial charge on any atom is -0.398 e. The fraction of sp³-hybridized carbons (Fsp3) is 0.538. The molecule has 0 aliphatic carbocycles. The molecule has 0 spiro atoms. The summed E-state index contributed by atoms with van der Waals surface area (Å²) in [4.78, 5) is 2.42. The lowest BCUT2D eigenvalue weighted by atomic mass is 10.1. The molecule has 4 heteroatoms. The first-order valence-corrected chi connectivity index (χ1v) is 6.44. The molecule has 1 aliphatic heterocycles. The Hall–Kier alpha value is -0.770. The van der Waals surface area contributed by atoms with Crippen molar-refractivity contribution in [1.82, 2.24) is 4.90 Å². The van der Waals surface area contributed by atoms with E-state index in [-0.39, 0.29) is 0 Å². The molecule has 1 aromatic carbocycles. The maximum absolute atomic E-state index is 6.01. The highest BCUT2D eigenvalue weighted by Crippen LogP contribution is 2.22. The molecule has 94 valence electrons. The molecular weight excluding hydrogens is 236 g/mol. The van der Waals surface area contributed by atoms with Crippen LogP contribution >= 0.6 is 11.6 Å². The van der Waals surface area contributed by atoms with Gasteiger partial charge in [0.2, 0.25) is 0 Å². The summed E-state index contributed by atoms with van der Waals surface area (Å²) in [5.41, 5.74) is 7.90. The van der Waals surface area contributed by atoms with Crippen LogP contribution in [-0.4, -0.2) is 30.7 Å². The Morgan fingerprint density at radius 3 is 3.12 bits per heavy atom. The number of hydrogen-bond acceptors (Lipinski definition) is 3. The first-order valence-electron chi connectivity index (χ1n) is 6.06. The molecule has 1 heterocycles. The monoisotopic (exact) mass is 254 g/mol. The minimum atomic E-state index is 0.488. The minimum absolute atomic E-state index is 0.488. The molecule has 3 nitrogen and oxygen atoms in total. The Labute approximate surface area is 107 Å². The van der Waals surface area contributed by atoms with Gasteiger partial charge in [-0.15, -0.1) is 0 Å². The first-order chi connectivity index (χ1) is 8.20. The number of ether oxygens (including phenoxy) is 1. The van der Waals surface area contributed by atoms with E-state index in [1.807, 2.05) is 18.2 Å². The predicted octanol–water partition coefficient (Wildman–Crippen LogP) is 2.53. The van der Waals surface area contributed by atoms with Gasteiger partial charge in [-0.3, -0.25) is 4.90 Å². The van der Waals surface area contributed by atoms with Crippen LogP contribution in [0.2, 0.25) is 5.02 Å². The van der Waals surface area contributed by atoms with Crippen LogP contribution in [0, 0.1) is 0 Å². The lowest BCUT2D eigenvalue weighted by Crippen LogP contribution is -2.44. The van der Waals surface area contributed by atoms with Crippen molar-refractivity contribution in [3.05, 3.63) is 28.8 Å². The summed E-state index contributed by atoms with van der Waals surface area (Å²) in [6, 6.07) is 6.15. The highest BCUT2D eigenvalue weighted by atomic mass is 35.5. The number of morpholine rings is 1. The van der Waals surface area contributed by atoms with Crippen LogP contribution < -0.4 is 5.73 Å². The van der Waals surface area contributed by atoms with Crippen LogP contribution in [-0.2, 0) is 11.3 Å². The Kier molecular flexibility index (Phi) is 4.26. The van der Waals surface area contributed by atoms with E-state index in [2.05, 4.69) is 11.8 Å². The number of hydrogen-bond donors (Lipinski definition) is 1. The molecule has 1 atom stereocenters. The van der Waals surface area contributed by atoms with Crippen molar-refractivity contribution >= 4 is 17.3 Å². The molecule has 2 rings (SSSR count). The van der Waals surface area contributed by atoms with Crippen molar-refractivity contribution in [2.75, 3.05) is 25.5 Å². The van der Waals surface area contributed by atoms with Gasteiger partial charge in [0.15, 0.2) is 0 Å². The average Bonchev–Trinajstić information content (AvgIpc) is 2.34. The number of anilines is 1. The molecule has 1 unspecified atom stereocenters. The lowest BCUT2D eigenvalue weighted by molar-refractivity contribution is -0.0126. The molecule has 1 aromatic rings. The van der Waals surface area contributed by atoms with Gasteiger partial charge in [0, 0.05) is 29.8 Å². The maximum atomic E-state index is 6.01. The molecule has 1 fully saturated rings. The van der Waals surface area contributed by atoms with Gasteiger partial charge in [0.25, 0.3) is 0 Å². The normalized spacial score (nSPS) is 21.6. The summed E-state index contributed by atoms with van der Waals surface area (Å²) in [5, 5.41) is 0.746. The van der Waals surface area contributed by atoms with Gasteiger partial charge >= 0.3 is 0 Å². The van der Waals surface area contributed by atoms with E-state index in [4.69, 9.17) is 22.1 Å². The first kappa shape index (κ1) is 12.7. The van der Waals surface area contributed by atoms with Gasteiger partial charge in [-0.2, -0.15) is 0 Å². The van der Waals surface area contributed by atoms with Crippen LogP contribution in [0.15, 0.2) is 18.2 Å². The largest absolute Gasteiger partial charge is 0.398 e. The molecule has 2 N–H and O–H groups in total. The Bertz CT molecular complexity index is 384. The van der Waals surface area contributed by atoms with Gasteiger partial charge < -0.3 is 10.5 Å². The fourth-order valence-electron chi connectivity index (χ4n) is 2.20. The highest BCUT2D eigenvalue weighted by Gasteiger charge is 2.21. The van der Waals surface area contributed by atoms with Gasteiger partial charge in [0.05, 0.1) is 13.2 Å². The quantitative estimate of drug-likeness (QED) is 0.843. The van der Waals surface area contributed by atoms with Gasteiger partial charge in [-0.25, -0.2) is 0 Å².